The van der Waals surface area contributed by atoms with Gasteiger partial charge in [-0.25, -0.2) is 4.79 Å². The highest BCUT2D eigenvalue weighted by atomic mass is 16.6. The number of methoxy groups -OCH3 is 1. The summed E-state index contributed by atoms with van der Waals surface area (Å²) in [5, 5.41) is 2.93. The predicted octanol–water partition coefficient (Wildman–Crippen LogP) is 1.48. The standard InChI is InChI=1S/C18H27N3O4/c1-3-25-18(23)21-12-10-20(11-13-21)9-8-17(22)19-14-15-6-4-5-7-16(15)24-2/h4-7H,3,8-14H2,1-2H3,(H,19,22). The quantitative estimate of drug-likeness (QED) is 0.807. The maximum Gasteiger partial charge on any atom is 0.409 e. The first-order valence-electron chi connectivity index (χ1n) is 8.66. The average molecular weight is 349 g/mol. The summed E-state index contributed by atoms with van der Waals surface area (Å²) in [4.78, 5) is 27.6. The molecule has 1 N–H and O–H groups in total. The van der Waals surface area contributed by atoms with Gasteiger partial charge >= 0.3 is 6.09 Å². The number of benzene rings is 1. The lowest BCUT2D eigenvalue weighted by Gasteiger charge is -2.33. The van der Waals surface area contributed by atoms with Crippen LogP contribution in [0, 0.1) is 0 Å². The Hall–Kier alpha value is -2.28. The van der Waals surface area contributed by atoms with Gasteiger partial charge in [0.2, 0.25) is 5.91 Å². The van der Waals surface area contributed by atoms with Crippen LogP contribution in [0.2, 0.25) is 0 Å². The number of piperazine rings is 1. The molecule has 0 aliphatic carbocycles. The van der Waals surface area contributed by atoms with Crippen LogP contribution >= 0.6 is 0 Å². The Bertz CT molecular complexity index is 571. The van der Waals surface area contributed by atoms with Crippen LogP contribution in [0.15, 0.2) is 24.3 Å². The summed E-state index contributed by atoms with van der Waals surface area (Å²) in [6.45, 7) is 6.15. The van der Waals surface area contributed by atoms with Crippen molar-refractivity contribution < 1.29 is 19.1 Å². The largest absolute Gasteiger partial charge is 0.496 e. The number of carbonyl (C=O) groups excluding carboxylic acids is 2. The molecule has 1 heterocycles. The Balaban J connectivity index is 1.66. The number of nitrogens with one attached hydrogen (secondary N) is 1. The van der Waals surface area contributed by atoms with E-state index < -0.39 is 0 Å². The van der Waals surface area contributed by atoms with Crippen molar-refractivity contribution in [2.45, 2.75) is 19.9 Å². The highest BCUT2D eigenvalue weighted by Crippen LogP contribution is 2.16. The van der Waals surface area contributed by atoms with Crippen molar-refractivity contribution in [1.82, 2.24) is 15.1 Å². The molecule has 25 heavy (non-hydrogen) atoms. The number of rotatable bonds is 7. The summed E-state index contributed by atoms with van der Waals surface area (Å²) in [7, 11) is 1.62. The molecule has 0 spiro atoms. The van der Waals surface area contributed by atoms with Crippen LogP contribution in [0.3, 0.4) is 0 Å². The van der Waals surface area contributed by atoms with Gasteiger partial charge < -0.3 is 19.7 Å². The van der Waals surface area contributed by atoms with Gasteiger partial charge in [0.25, 0.3) is 0 Å². The highest BCUT2D eigenvalue weighted by molar-refractivity contribution is 5.76. The van der Waals surface area contributed by atoms with Crippen molar-refractivity contribution in [2.75, 3.05) is 46.4 Å². The Morgan fingerprint density at radius 3 is 2.56 bits per heavy atom. The summed E-state index contributed by atoms with van der Waals surface area (Å²) in [5.74, 6) is 0.789. The van der Waals surface area contributed by atoms with Crippen molar-refractivity contribution in [1.29, 1.82) is 0 Å². The van der Waals surface area contributed by atoms with E-state index in [0.717, 1.165) is 24.4 Å². The normalized spacial score (nSPS) is 14.9. The molecule has 0 bridgehead atoms. The molecule has 1 aliphatic rings. The van der Waals surface area contributed by atoms with Crippen molar-refractivity contribution in [3.05, 3.63) is 29.8 Å². The molecule has 0 saturated carbocycles. The predicted molar refractivity (Wildman–Crippen MR) is 94.5 cm³/mol. The second-order valence-electron chi connectivity index (χ2n) is 5.87. The van der Waals surface area contributed by atoms with E-state index in [4.69, 9.17) is 9.47 Å². The van der Waals surface area contributed by atoms with Gasteiger partial charge in [0, 0.05) is 51.3 Å². The highest BCUT2D eigenvalue weighted by Gasteiger charge is 2.21. The zero-order valence-electron chi connectivity index (χ0n) is 15.0. The van der Waals surface area contributed by atoms with E-state index >= 15 is 0 Å². The van der Waals surface area contributed by atoms with Crippen LogP contribution in [0.4, 0.5) is 4.79 Å². The number of ether oxygens (including phenoxy) is 2. The van der Waals surface area contributed by atoms with E-state index in [0.29, 0.717) is 39.2 Å². The van der Waals surface area contributed by atoms with Gasteiger partial charge in [0.05, 0.1) is 13.7 Å². The van der Waals surface area contributed by atoms with E-state index in [1.165, 1.54) is 0 Å². The number of para-hydroxylation sites is 1. The van der Waals surface area contributed by atoms with Crippen molar-refractivity contribution in [3.63, 3.8) is 0 Å². The summed E-state index contributed by atoms with van der Waals surface area (Å²) >= 11 is 0. The molecule has 0 aromatic heterocycles. The first-order chi connectivity index (χ1) is 12.1. The number of amides is 2. The fourth-order valence-corrected chi connectivity index (χ4v) is 2.76. The number of carbonyl (C=O) groups is 2. The summed E-state index contributed by atoms with van der Waals surface area (Å²) in [6, 6.07) is 7.64. The van der Waals surface area contributed by atoms with Crippen molar-refractivity contribution >= 4 is 12.0 Å². The second kappa shape index (κ2) is 9.88. The van der Waals surface area contributed by atoms with Crippen LogP contribution in [0.25, 0.3) is 0 Å². The summed E-state index contributed by atoms with van der Waals surface area (Å²) in [5.41, 5.74) is 0.960. The third-order valence-corrected chi connectivity index (χ3v) is 4.22. The van der Waals surface area contributed by atoms with E-state index in [-0.39, 0.29) is 12.0 Å². The number of hydrogen-bond acceptors (Lipinski definition) is 5. The van der Waals surface area contributed by atoms with Crippen LogP contribution in [0.5, 0.6) is 5.75 Å². The second-order valence-corrected chi connectivity index (χ2v) is 5.87. The fourth-order valence-electron chi connectivity index (χ4n) is 2.76. The minimum atomic E-state index is -0.253. The molecule has 1 saturated heterocycles. The Morgan fingerprint density at radius 2 is 1.88 bits per heavy atom. The first-order valence-corrected chi connectivity index (χ1v) is 8.66. The molecule has 1 fully saturated rings. The third kappa shape index (κ3) is 5.94. The molecule has 0 unspecified atom stereocenters. The van der Waals surface area contributed by atoms with Gasteiger partial charge in [-0.15, -0.1) is 0 Å². The number of hydrogen-bond donors (Lipinski definition) is 1. The zero-order chi connectivity index (χ0) is 18.1. The SMILES string of the molecule is CCOC(=O)N1CCN(CCC(=O)NCc2ccccc2OC)CC1. The van der Waals surface area contributed by atoms with E-state index in [1.807, 2.05) is 24.3 Å². The molecule has 7 nitrogen and oxygen atoms in total. The van der Waals surface area contributed by atoms with E-state index in [2.05, 4.69) is 10.2 Å². The zero-order valence-corrected chi connectivity index (χ0v) is 15.0. The van der Waals surface area contributed by atoms with Crippen molar-refractivity contribution in [2.24, 2.45) is 0 Å². The maximum atomic E-state index is 12.1. The summed E-state index contributed by atoms with van der Waals surface area (Å²) in [6.07, 6.45) is 0.186. The van der Waals surface area contributed by atoms with Gasteiger partial charge in [-0.3, -0.25) is 9.69 Å². The topological polar surface area (TPSA) is 71.1 Å². The molecule has 0 atom stereocenters. The van der Waals surface area contributed by atoms with E-state index in [1.54, 1.807) is 18.9 Å². The Labute approximate surface area is 148 Å². The van der Waals surface area contributed by atoms with Crippen LogP contribution < -0.4 is 10.1 Å². The fraction of sp³-hybridized carbons (Fsp3) is 0.556. The summed E-state index contributed by atoms with van der Waals surface area (Å²) < 4.78 is 10.3. The molecule has 1 aromatic carbocycles. The molecule has 1 aliphatic heterocycles. The minimum absolute atomic E-state index is 0.0127. The first kappa shape index (κ1) is 19.1. The maximum absolute atomic E-state index is 12.1. The number of nitrogens with zero attached hydrogens (tertiary/aromatic N) is 2. The van der Waals surface area contributed by atoms with Gasteiger partial charge in [-0.2, -0.15) is 0 Å². The van der Waals surface area contributed by atoms with Gasteiger partial charge in [-0.1, -0.05) is 18.2 Å². The lowest BCUT2D eigenvalue weighted by molar-refractivity contribution is -0.121. The molecule has 2 amide bonds. The molecule has 7 heteroatoms. The lowest BCUT2D eigenvalue weighted by atomic mass is 10.2. The molecule has 0 radical (unpaired) electrons. The van der Waals surface area contributed by atoms with Gasteiger partial charge in [0.1, 0.15) is 5.75 Å². The molecular weight excluding hydrogens is 322 g/mol. The molecule has 138 valence electrons. The van der Waals surface area contributed by atoms with Crippen LogP contribution in [-0.2, 0) is 16.1 Å². The Morgan fingerprint density at radius 1 is 1.16 bits per heavy atom. The molecular formula is C18H27N3O4. The van der Waals surface area contributed by atoms with Crippen LogP contribution in [-0.4, -0.2) is 68.2 Å². The monoisotopic (exact) mass is 349 g/mol. The van der Waals surface area contributed by atoms with Gasteiger partial charge in [-0.05, 0) is 13.0 Å². The minimum Gasteiger partial charge on any atom is -0.496 e. The van der Waals surface area contributed by atoms with E-state index in [9.17, 15) is 9.59 Å². The van der Waals surface area contributed by atoms with Crippen molar-refractivity contribution in [3.8, 4) is 5.75 Å². The lowest BCUT2D eigenvalue weighted by Crippen LogP contribution is -2.49. The Kier molecular flexibility index (Phi) is 7.53. The third-order valence-electron chi connectivity index (χ3n) is 4.22. The molecule has 1 aromatic rings. The van der Waals surface area contributed by atoms with Gasteiger partial charge in [0.15, 0.2) is 0 Å². The smallest absolute Gasteiger partial charge is 0.409 e. The molecule has 2 rings (SSSR count). The van der Waals surface area contributed by atoms with Crippen LogP contribution in [0.1, 0.15) is 18.9 Å². The average Bonchev–Trinajstić information content (AvgIpc) is 2.65.